The molecule has 0 aliphatic rings. The average molecular weight is 272 g/mol. The van der Waals surface area contributed by atoms with Crippen molar-refractivity contribution in [2.24, 2.45) is 5.73 Å². The number of hydrogen-bond acceptors (Lipinski definition) is 5. The lowest BCUT2D eigenvalue weighted by molar-refractivity contribution is 0.141. The first-order chi connectivity index (χ1) is 8.60. The van der Waals surface area contributed by atoms with Gasteiger partial charge in [0.25, 0.3) is 5.89 Å². The highest BCUT2D eigenvalue weighted by atomic mass is 35.5. The van der Waals surface area contributed by atoms with Gasteiger partial charge in [-0.1, -0.05) is 22.8 Å². The van der Waals surface area contributed by atoms with Crippen molar-refractivity contribution in [3.05, 3.63) is 46.3 Å². The molecule has 1 atom stereocenters. The fourth-order valence-corrected chi connectivity index (χ4v) is 1.64. The molecule has 7 heteroatoms. The highest BCUT2D eigenvalue weighted by Crippen LogP contribution is 2.20. The molecule has 0 unspecified atom stereocenters. The van der Waals surface area contributed by atoms with E-state index in [2.05, 4.69) is 10.1 Å². The molecule has 1 aromatic carbocycles. The Balaban J connectivity index is 2.16. The molecule has 0 fully saturated rings. The molecule has 96 valence electrons. The third-order valence-electron chi connectivity index (χ3n) is 2.36. The van der Waals surface area contributed by atoms with Crippen LogP contribution in [-0.4, -0.2) is 21.8 Å². The number of halogens is 2. The summed E-state index contributed by atoms with van der Waals surface area (Å²) in [5, 5.41) is 13.4. The summed E-state index contributed by atoms with van der Waals surface area (Å²) >= 11 is 5.88. The van der Waals surface area contributed by atoms with Crippen molar-refractivity contribution < 1.29 is 14.0 Å². The summed E-state index contributed by atoms with van der Waals surface area (Å²) in [4.78, 5) is 3.98. The van der Waals surface area contributed by atoms with Crippen LogP contribution >= 0.6 is 11.6 Å². The van der Waals surface area contributed by atoms with Crippen LogP contribution in [0.1, 0.15) is 23.4 Å². The second-order valence-electron chi connectivity index (χ2n) is 3.71. The van der Waals surface area contributed by atoms with Gasteiger partial charge >= 0.3 is 0 Å². The molecule has 0 spiro atoms. The lowest BCUT2D eigenvalue weighted by atomic mass is 10.1. The van der Waals surface area contributed by atoms with Crippen molar-refractivity contribution in [1.82, 2.24) is 10.1 Å². The van der Waals surface area contributed by atoms with Gasteiger partial charge in [-0.25, -0.2) is 4.39 Å². The van der Waals surface area contributed by atoms with Crippen molar-refractivity contribution in [3.63, 3.8) is 0 Å². The number of nitrogens with zero attached hydrogens (tertiary/aromatic N) is 2. The van der Waals surface area contributed by atoms with Crippen molar-refractivity contribution in [3.8, 4) is 0 Å². The van der Waals surface area contributed by atoms with Crippen LogP contribution in [-0.2, 0) is 6.42 Å². The van der Waals surface area contributed by atoms with E-state index in [0.29, 0.717) is 22.8 Å². The molecule has 3 N–H and O–H groups in total. The number of hydrogen-bond donors (Lipinski definition) is 2. The second kappa shape index (κ2) is 5.43. The van der Waals surface area contributed by atoms with Gasteiger partial charge in [-0.3, -0.25) is 0 Å². The van der Waals surface area contributed by atoms with Gasteiger partial charge in [0, 0.05) is 18.0 Å². The molecule has 2 rings (SSSR count). The van der Waals surface area contributed by atoms with Crippen LogP contribution in [0.4, 0.5) is 4.39 Å². The molecule has 0 saturated heterocycles. The minimum atomic E-state index is -0.977. The van der Waals surface area contributed by atoms with E-state index in [-0.39, 0.29) is 12.4 Å². The summed E-state index contributed by atoms with van der Waals surface area (Å²) in [5.41, 5.74) is 5.94. The van der Waals surface area contributed by atoms with Gasteiger partial charge < -0.3 is 15.4 Å². The second-order valence-corrected chi connectivity index (χ2v) is 4.12. The number of aliphatic hydroxyl groups is 1. The van der Waals surface area contributed by atoms with E-state index in [9.17, 15) is 9.50 Å². The third kappa shape index (κ3) is 2.84. The molecule has 5 nitrogen and oxygen atoms in total. The van der Waals surface area contributed by atoms with Gasteiger partial charge in [0.1, 0.15) is 11.9 Å². The SMILES string of the molecule is NC[C@H](O)c1nc(Cc2ccc(F)cc2Cl)no1. The largest absolute Gasteiger partial charge is 0.382 e. The predicted molar refractivity (Wildman–Crippen MR) is 62.5 cm³/mol. The van der Waals surface area contributed by atoms with E-state index in [0.717, 1.165) is 0 Å². The monoisotopic (exact) mass is 271 g/mol. The average Bonchev–Trinajstić information content (AvgIpc) is 2.80. The topological polar surface area (TPSA) is 85.2 Å². The fraction of sp³-hybridized carbons (Fsp3) is 0.273. The Labute approximate surface area is 107 Å². The number of aliphatic hydroxyl groups excluding tert-OH is 1. The van der Waals surface area contributed by atoms with E-state index in [1.807, 2.05) is 0 Å². The molecule has 1 heterocycles. The highest BCUT2D eigenvalue weighted by molar-refractivity contribution is 6.31. The zero-order valence-electron chi connectivity index (χ0n) is 9.31. The van der Waals surface area contributed by atoms with Crippen molar-refractivity contribution >= 4 is 11.6 Å². The highest BCUT2D eigenvalue weighted by Gasteiger charge is 2.15. The Kier molecular flexibility index (Phi) is 3.90. The zero-order chi connectivity index (χ0) is 13.1. The van der Waals surface area contributed by atoms with Gasteiger partial charge in [0.15, 0.2) is 5.82 Å². The molecule has 0 amide bonds. The van der Waals surface area contributed by atoms with Crippen LogP contribution in [0, 0.1) is 5.82 Å². The molecule has 18 heavy (non-hydrogen) atoms. The number of nitrogens with two attached hydrogens (primary N) is 1. The van der Waals surface area contributed by atoms with E-state index in [4.69, 9.17) is 21.9 Å². The molecule has 0 aliphatic carbocycles. The lowest BCUT2D eigenvalue weighted by Crippen LogP contribution is -2.11. The van der Waals surface area contributed by atoms with E-state index in [1.54, 1.807) is 6.07 Å². The maximum atomic E-state index is 12.9. The van der Waals surface area contributed by atoms with Gasteiger partial charge in [-0.2, -0.15) is 4.98 Å². The summed E-state index contributed by atoms with van der Waals surface area (Å²) in [6, 6.07) is 4.07. The van der Waals surface area contributed by atoms with E-state index < -0.39 is 11.9 Å². The van der Waals surface area contributed by atoms with Crippen LogP contribution < -0.4 is 5.73 Å². The van der Waals surface area contributed by atoms with Gasteiger partial charge in [0.2, 0.25) is 0 Å². The number of benzene rings is 1. The van der Waals surface area contributed by atoms with E-state index >= 15 is 0 Å². The summed E-state index contributed by atoms with van der Waals surface area (Å²) in [6.45, 7) is -0.00105. The molecule has 0 aliphatic heterocycles. The molecule has 1 aromatic heterocycles. The Hall–Kier alpha value is -1.50. The summed E-state index contributed by atoms with van der Waals surface area (Å²) in [7, 11) is 0. The summed E-state index contributed by atoms with van der Waals surface area (Å²) in [6.07, 6.45) is -0.685. The van der Waals surface area contributed by atoms with Gasteiger partial charge in [0.05, 0.1) is 0 Å². The first-order valence-corrected chi connectivity index (χ1v) is 5.62. The van der Waals surface area contributed by atoms with Crippen LogP contribution in [0.2, 0.25) is 5.02 Å². The van der Waals surface area contributed by atoms with E-state index in [1.165, 1.54) is 12.1 Å². The zero-order valence-corrected chi connectivity index (χ0v) is 10.1. The fourth-order valence-electron chi connectivity index (χ4n) is 1.41. The quantitative estimate of drug-likeness (QED) is 0.879. The van der Waals surface area contributed by atoms with Crippen LogP contribution in [0.5, 0.6) is 0 Å². The normalized spacial score (nSPS) is 12.7. The predicted octanol–water partition coefficient (Wildman–Crippen LogP) is 1.44. The summed E-state index contributed by atoms with van der Waals surface area (Å²) in [5.74, 6) is 0.00727. The summed E-state index contributed by atoms with van der Waals surface area (Å²) < 4.78 is 17.7. The van der Waals surface area contributed by atoms with Crippen molar-refractivity contribution in [2.75, 3.05) is 6.54 Å². The molecule has 0 bridgehead atoms. The van der Waals surface area contributed by atoms with Gasteiger partial charge in [-0.15, -0.1) is 0 Å². The number of aromatic nitrogens is 2. The Morgan fingerprint density at radius 1 is 1.50 bits per heavy atom. The minimum Gasteiger partial charge on any atom is -0.382 e. The molecular weight excluding hydrogens is 261 g/mol. The first kappa shape index (κ1) is 12.9. The third-order valence-corrected chi connectivity index (χ3v) is 2.71. The van der Waals surface area contributed by atoms with Crippen molar-refractivity contribution in [1.29, 1.82) is 0 Å². The standard InChI is InChI=1S/C11H11ClFN3O2/c12-8-4-7(13)2-1-6(8)3-10-15-11(18-16-10)9(17)5-14/h1-2,4,9,17H,3,5,14H2/t9-/m0/s1. The Bertz CT molecular complexity index is 547. The van der Waals surface area contributed by atoms with Gasteiger partial charge in [-0.05, 0) is 17.7 Å². The van der Waals surface area contributed by atoms with Crippen molar-refractivity contribution in [2.45, 2.75) is 12.5 Å². The van der Waals surface area contributed by atoms with Crippen LogP contribution in [0.25, 0.3) is 0 Å². The molecule has 2 aromatic rings. The molecular formula is C11H11ClFN3O2. The molecule has 0 saturated carbocycles. The maximum Gasteiger partial charge on any atom is 0.256 e. The minimum absolute atomic E-state index is 0.00105. The lowest BCUT2D eigenvalue weighted by Gasteiger charge is -2.00. The Morgan fingerprint density at radius 2 is 2.28 bits per heavy atom. The van der Waals surface area contributed by atoms with Crippen LogP contribution in [0.15, 0.2) is 22.7 Å². The van der Waals surface area contributed by atoms with Crippen LogP contribution in [0.3, 0.4) is 0 Å². The Morgan fingerprint density at radius 3 is 2.94 bits per heavy atom. The first-order valence-electron chi connectivity index (χ1n) is 5.24. The smallest absolute Gasteiger partial charge is 0.256 e. The number of rotatable bonds is 4. The maximum absolute atomic E-state index is 12.9. The molecule has 0 radical (unpaired) electrons.